The normalized spacial score (nSPS) is 14.0. The summed E-state index contributed by atoms with van der Waals surface area (Å²) in [6.07, 6.45) is 1.92. The molecule has 0 atom stereocenters. The van der Waals surface area contributed by atoms with Crippen LogP contribution in [0.2, 0.25) is 0 Å². The minimum atomic E-state index is -0.240. The Hall–Kier alpha value is -1.99. The van der Waals surface area contributed by atoms with E-state index in [1.54, 1.807) is 24.3 Å². The fourth-order valence-electron chi connectivity index (χ4n) is 2.62. The van der Waals surface area contributed by atoms with Gasteiger partial charge in [-0.05, 0) is 42.0 Å². The lowest BCUT2D eigenvalue weighted by molar-refractivity contribution is 0.0558. The lowest BCUT2D eigenvalue weighted by Gasteiger charge is -2.22. The molecule has 0 unspecified atom stereocenters. The first-order valence-corrected chi connectivity index (χ1v) is 8.16. The highest BCUT2D eigenvalue weighted by molar-refractivity contribution is 9.10. The van der Waals surface area contributed by atoms with Crippen LogP contribution in [-0.4, -0.2) is 45.1 Å². The number of fused-ring (bicyclic) bond motifs is 1. The van der Waals surface area contributed by atoms with Gasteiger partial charge >= 0.3 is 0 Å². The van der Waals surface area contributed by atoms with Gasteiger partial charge in [0.1, 0.15) is 0 Å². The van der Waals surface area contributed by atoms with E-state index in [-0.39, 0.29) is 18.5 Å². The largest absolute Gasteiger partial charge is 0.283 e. The summed E-state index contributed by atoms with van der Waals surface area (Å²) in [5.74, 6) is -0.480. The highest BCUT2D eigenvalue weighted by Gasteiger charge is 2.35. The maximum absolute atomic E-state index is 12.4. The van der Waals surface area contributed by atoms with Crippen LogP contribution in [0.25, 0.3) is 0 Å². The van der Waals surface area contributed by atoms with E-state index in [0.29, 0.717) is 17.7 Å². The molecule has 1 aliphatic rings. The third kappa shape index (κ3) is 2.94. The predicted molar refractivity (Wildman–Crippen MR) is 88.9 cm³/mol. The summed E-state index contributed by atoms with van der Waals surface area (Å²) in [5.41, 5.74) is 1.83. The molecule has 0 N–H and O–H groups in total. The third-order valence-electron chi connectivity index (χ3n) is 3.79. The molecule has 0 spiro atoms. The molecule has 2 aromatic rings. The fourth-order valence-corrected chi connectivity index (χ4v) is 3.06. The first-order chi connectivity index (χ1) is 11.0. The molecule has 1 aliphatic heterocycles. The topological polar surface area (TPSA) is 58.4 Å². The molecule has 1 aromatic heterocycles. The molecule has 0 radical (unpaired) electrons. The maximum Gasteiger partial charge on any atom is 0.262 e. The first kappa shape index (κ1) is 15.9. The van der Waals surface area contributed by atoms with Crippen molar-refractivity contribution in [1.82, 2.24) is 19.6 Å². The zero-order valence-electron chi connectivity index (χ0n) is 13.0. The predicted octanol–water partition coefficient (Wildman–Crippen LogP) is 2.35. The van der Waals surface area contributed by atoms with Crippen LogP contribution >= 0.6 is 15.9 Å². The van der Waals surface area contributed by atoms with E-state index in [4.69, 9.17) is 0 Å². The molecule has 3 rings (SSSR count). The second-order valence-electron chi connectivity index (χ2n) is 5.52. The number of rotatable bonds is 5. The molecule has 1 aromatic carbocycles. The van der Waals surface area contributed by atoms with Gasteiger partial charge in [-0.2, -0.15) is 5.10 Å². The third-order valence-corrected chi connectivity index (χ3v) is 4.45. The number of benzene rings is 1. The van der Waals surface area contributed by atoms with Crippen LogP contribution < -0.4 is 0 Å². The van der Waals surface area contributed by atoms with Crippen molar-refractivity contribution in [2.45, 2.75) is 20.0 Å². The number of aryl methyl sites for hydroxylation is 1. The zero-order chi connectivity index (χ0) is 16.6. The molecule has 120 valence electrons. The summed E-state index contributed by atoms with van der Waals surface area (Å²) < 4.78 is 2.77. The van der Waals surface area contributed by atoms with Gasteiger partial charge < -0.3 is 0 Å². The molecule has 0 saturated heterocycles. The summed E-state index contributed by atoms with van der Waals surface area (Å²) in [4.78, 5) is 27.9. The van der Waals surface area contributed by atoms with Gasteiger partial charge in [-0.1, -0.05) is 12.1 Å². The van der Waals surface area contributed by atoms with E-state index in [0.717, 1.165) is 16.7 Å². The molecule has 0 fully saturated rings. The monoisotopic (exact) mass is 376 g/mol. The van der Waals surface area contributed by atoms with Crippen LogP contribution in [0.1, 0.15) is 33.3 Å². The minimum Gasteiger partial charge on any atom is -0.283 e. The molecule has 6 nitrogen and oxygen atoms in total. The second kappa shape index (κ2) is 6.25. The average molecular weight is 377 g/mol. The van der Waals surface area contributed by atoms with Gasteiger partial charge in [0, 0.05) is 19.3 Å². The van der Waals surface area contributed by atoms with E-state index in [9.17, 15) is 9.59 Å². The molecular formula is C16H17BrN4O2. The van der Waals surface area contributed by atoms with Crippen molar-refractivity contribution in [3.05, 3.63) is 51.8 Å². The first-order valence-electron chi connectivity index (χ1n) is 7.37. The number of carbonyl (C=O) groups is 2. The molecule has 2 heterocycles. The van der Waals surface area contributed by atoms with Crippen molar-refractivity contribution in [1.29, 1.82) is 0 Å². The van der Waals surface area contributed by atoms with Crippen LogP contribution in [0, 0.1) is 0 Å². The van der Waals surface area contributed by atoms with E-state index in [1.807, 2.05) is 29.7 Å². The Labute approximate surface area is 142 Å². The number of halogens is 1. The Kier molecular flexibility index (Phi) is 4.32. The Bertz CT molecular complexity index is 736. The number of amides is 2. The summed E-state index contributed by atoms with van der Waals surface area (Å²) in [5, 5.41) is 4.46. The number of nitrogens with zero attached hydrogens (tertiary/aromatic N) is 4. The van der Waals surface area contributed by atoms with E-state index in [1.165, 1.54) is 4.90 Å². The summed E-state index contributed by atoms with van der Waals surface area (Å²) in [7, 11) is 1.86. The Morgan fingerprint density at radius 3 is 2.30 bits per heavy atom. The minimum absolute atomic E-state index is 0.234. The lowest BCUT2D eigenvalue weighted by Crippen LogP contribution is -2.39. The van der Waals surface area contributed by atoms with Crippen molar-refractivity contribution >= 4 is 27.7 Å². The van der Waals surface area contributed by atoms with Crippen molar-refractivity contribution in [2.24, 2.45) is 0 Å². The second-order valence-corrected chi connectivity index (χ2v) is 6.37. The standard InChI is InChI=1S/C16H17BrN4O2/c1-3-20-8-13(17)14(18-20)9-19(2)10-21-15(22)11-6-4-5-7-12(11)16(21)23/h4-8H,3,9-10H2,1-2H3. The van der Waals surface area contributed by atoms with Gasteiger partial charge in [0.15, 0.2) is 0 Å². The number of carbonyl (C=O) groups excluding carboxylic acids is 2. The van der Waals surface area contributed by atoms with Gasteiger partial charge in [0.25, 0.3) is 11.8 Å². The zero-order valence-corrected chi connectivity index (χ0v) is 14.6. The van der Waals surface area contributed by atoms with Crippen LogP contribution in [0.3, 0.4) is 0 Å². The fraction of sp³-hybridized carbons (Fsp3) is 0.312. The van der Waals surface area contributed by atoms with Crippen molar-refractivity contribution in [3.63, 3.8) is 0 Å². The number of hydrogen-bond donors (Lipinski definition) is 0. The number of hydrogen-bond acceptors (Lipinski definition) is 4. The van der Waals surface area contributed by atoms with Crippen molar-refractivity contribution in [3.8, 4) is 0 Å². The molecule has 0 aliphatic carbocycles. The maximum atomic E-state index is 12.4. The lowest BCUT2D eigenvalue weighted by atomic mass is 10.1. The van der Waals surface area contributed by atoms with E-state index >= 15 is 0 Å². The molecular weight excluding hydrogens is 360 g/mol. The summed E-state index contributed by atoms with van der Waals surface area (Å²) >= 11 is 3.49. The van der Waals surface area contributed by atoms with Crippen LogP contribution in [0.4, 0.5) is 0 Å². The van der Waals surface area contributed by atoms with Gasteiger partial charge in [-0.15, -0.1) is 0 Å². The molecule has 23 heavy (non-hydrogen) atoms. The number of aromatic nitrogens is 2. The summed E-state index contributed by atoms with van der Waals surface area (Å²) in [6.45, 7) is 3.59. The molecule has 0 bridgehead atoms. The van der Waals surface area contributed by atoms with Crippen LogP contribution in [0.15, 0.2) is 34.9 Å². The van der Waals surface area contributed by atoms with Gasteiger partial charge in [0.05, 0.1) is 28.0 Å². The van der Waals surface area contributed by atoms with E-state index < -0.39 is 0 Å². The van der Waals surface area contributed by atoms with Gasteiger partial charge in [-0.3, -0.25) is 24.1 Å². The SMILES string of the molecule is CCn1cc(Br)c(CN(C)CN2C(=O)c3ccccc3C2=O)n1. The number of imide groups is 1. The van der Waals surface area contributed by atoms with Crippen LogP contribution in [0.5, 0.6) is 0 Å². The smallest absolute Gasteiger partial charge is 0.262 e. The molecule has 0 saturated carbocycles. The van der Waals surface area contributed by atoms with Crippen molar-refractivity contribution in [2.75, 3.05) is 13.7 Å². The Balaban J connectivity index is 1.71. The quantitative estimate of drug-likeness (QED) is 0.751. The Morgan fingerprint density at radius 2 is 1.78 bits per heavy atom. The molecule has 2 amide bonds. The average Bonchev–Trinajstić information content (AvgIpc) is 3.01. The Morgan fingerprint density at radius 1 is 1.17 bits per heavy atom. The van der Waals surface area contributed by atoms with Crippen molar-refractivity contribution < 1.29 is 9.59 Å². The highest BCUT2D eigenvalue weighted by atomic mass is 79.9. The van der Waals surface area contributed by atoms with Gasteiger partial charge in [-0.25, -0.2) is 0 Å². The highest BCUT2D eigenvalue weighted by Crippen LogP contribution is 2.23. The van der Waals surface area contributed by atoms with Gasteiger partial charge in [0.2, 0.25) is 0 Å². The van der Waals surface area contributed by atoms with Crippen LogP contribution in [-0.2, 0) is 13.1 Å². The molecule has 7 heteroatoms. The van der Waals surface area contributed by atoms with E-state index in [2.05, 4.69) is 21.0 Å². The summed E-state index contributed by atoms with van der Waals surface area (Å²) in [6, 6.07) is 6.92.